The molecule has 0 saturated heterocycles. The summed E-state index contributed by atoms with van der Waals surface area (Å²) in [6, 6.07) is 11.6. The Labute approximate surface area is 156 Å². The van der Waals surface area contributed by atoms with Gasteiger partial charge in [0, 0.05) is 43.9 Å². The van der Waals surface area contributed by atoms with Crippen molar-refractivity contribution in [2.45, 2.75) is 6.92 Å². The van der Waals surface area contributed by atoms with Crippen LogP contribution in [0, 0.1) is 6.92 Å². The summed E-state index contributed by atoms with van der Waals surface area (Å²) in [4.78, 5) is 18.3. The Morgan fingerprint density at radius 2 is 1.96 bits per heavy atom. The van der Waals surface area contributed by atoms with E-state index in [-0.39, 0.29) is 5.91 Å². The van der Waals surface area contributed by atoms with Gasteiger partial charge in [0.25, 0.3) is 5.91 Å². The average Bonchev–Trinajstić information content (AvgIpc) is 3.22. The van der Waals surface area contributed by atoms with Gasteiger partial charge in [-0.2, -0.15) is 10.2 Å². The fourth-order valence-corrected chi connectivity index (χ4v) is 3.19. The van der Waals surface area contributed by atoms with E-state index in [9.17, 15) is 4.79 Å². The third-order valence-corrected chi connectivity index (χ3v) is 4.52. The number of carbonyl (C=O) groups is 1. The first-order valence-electron chi connectivity index (χ1n) is 8.61. The zero-order valence-corrected chi connectivity index (χ0v) is 15.7. The molecule has 4 aromatic rings. The summed E-state index contributed by atoms with van der Waals surface area (Å²) in [6.07, 6.45) is 1.78. The smallest absolute Gasteiger partial charge is 0.253 e. The van der Waals surface area contributed by atoms with Crippen LogP contribution in [0.15, 0.2) is 42.6 Å². The van der Waals surface area contributed by atoms with Crippen molar-refractivity contribution in [3.05, 3.63) is 53.9 Å². The summed E-state index contributed by atoms with van der Waals surface area (Å²) in [7, 11) is 5.40. The zero-order valence-electron chi connectivity index (χ0n) is 15.7. The molecule has 0 aliphatic rings. The van der Waals surface area contributed by atoms with Crippen LogP contribution in [0.4, 0.5) is 0 Å². The van der Waals surface area contributed by atoms with Crippen LogP contribution in [0.5, 0.6) is 0 Å². The van der Waals surface area contributed by atoms with Crippen LogP contribution >= 0.6 is 0 Å². The molecule has 0 aliphatic heterocycles. The number of fused-ring (bicyclic) bond motifs is 1. The Morgan fingerprint density at radius 1 is 1.15 bits per heavy atom. The largest absolute Gasteiger partial charge is 0.345 e. The van der Waals surface area contributed by atoms with Crippen molar-refractivity contribution in [2.75, 3.05) is 14.1 Å². The minimum Gasteiger partial charge on any atom is -0.345 e. The number of amides is 1. The van der Waals surface area contributed by atoms with E-state index in [2.05, 4.69) is 20.3 Å². The molecule has 0 fully saturated rings. The first-order valence-corrected chi connectivity index (χ1v) is 8.61. The molecule has 3 aromatic heterocycles. The van der Waals surface area contributed by atoms with Gasteiger partial charge in [-0.25, -0.2) is 4.98 Å². The molecule has 0 radical (unpaired) electrons. The Kier molecular flexibility index (Phi) is 3.99. The van der Waals surface area contributed by atoms with Crippen molar-refractivity contribution in [3.8, 4) is 22.5 Å². The predicted octanol–water partition coefficient (Wildman–Crippen LogP) is 3.04. The molecule has 27 heavy (non-hydrogen) atoms. The summed E-state index contributed by atoms with van der Waals surface area (Å²) in [5.41, 5.74) is 5.92. The Hall–Kier alpha value is -3.48. The second-order valence-electron chi connectivity index (χ2n) is 6.77. The summed E-state index contributed by atoms with van der Waals surface area (Å²) >= 11 is 0. The van der Waals surface area contributed by atoms with E-state index >= 15 is 0 Å². The number of nitrogens with zero attached hydrogens (tertiary/aromatic N) is 5. The van der Waals surface area contributed by atoms with Gasteiger partial charge in [-0.15, -0.1) is 0 Å². The lowest BCUT2D eigenvalue weighted by molar-refractivity contribution is 0.0827. The molecule has 0 unspecified atom stereocenters. The number of pyridine rings is 1. The molecule has 0 saturated carbocycles. The van der Waals surface area contributed by atoms with E-state index in [1.165, 1.54) is 0 Å². The fraction of sp³-hybridized carbons (Fsp3) is 0.200. The van der Waals surface area contributed by atoms with E-state index in [0.717, 1.165) is 33.6 Å². The van der Waals surface area contributed by atoms with E-state index < -0.39 is 0 Å². The molecule has 7 heteroatoms. The first kappa shape index (κ1) is 17.0. The van der Waals surface area contributed by atoms with Crippen LogP contribution in [-0.4, -0.2) is 49.9 Å². The van der Waals surface area contributed by atoms with Crippen molar-refractivity contribution in [1.29, 1.82) is 0 Å². The van der Waals surface area contributed by atoms with Crippen molar-refractivity contribution < 1.29 is 4.79 Å². The van der Waals surface area contributed by atoms with Gasteiger partial charge in [-0.1, -0.05) is 12.1 Å². The van der Waals surface area contributed by atoms with Crippen molar-refractivity contribution in [1.82, 2.24) is 29.9 Å². The second kappa shape index (κ2) is 6.35. The highest BCUT2D eigenvalue weighted by Crippen LogP contribution is 2.29. The fourth-order valence-electron chi connectivity index (χ4n) is 3.19. The molecule has 1 N–H and O–H groups in total. The maximum absolute atomic E-state index is 12.3. The highest BCUT2D eigenvalue weighted by molar-refractivity contribution is 5.96. The lowest BCUT2D eigenvalue weighted by Gasteiger charge is -2.11. The van der Waals surface area contributed by atoms with Gasteiger partial charge in [0.1, 0.15) is 0 Å². The van der Waals surface area contributed by atoms with Gasteiger partial charge in [0.15, 0.2) is 5.65 Å². The van der Waals surface area contributed by atoms with Crippen LogP contribution in [0.3, 0.4) is 0 Å². The third kappa shape index (κ3) is 2.97. The summed E-state index contributed by atoms with van der Waals surface area (Å²) < 4.78 is 1.82. The summed E-state index contributed by atoms with van der Waals surface area (Å²) in [6.45, 7) is 1.96. The monoisotopic (exact) mass is 360 g/mol. The lowest BCUT2D eigenvalue weighted by Crippen LogP contribution is -2.21. The van der Waals surface area contributed by atoms with E-state index in [1.54, 1.807) is 25.2 Å². The normalized spacial score (nSPS) is 11.1. The van der Waals surface area contributed by atoms with Gasteiger partial charge >= 0.3 is 0 Å². The molecule has 0 bridgehead atoms. The van der Waals surface area contributed by atoms with E-state index in [0.29, 0.717) is 11.2 Å². The number of aromatic nitrogens is 5. The molecule has 7 nitrogen and oxygen atoms in total. The lowest BCUT2D eigenvalue weighted by atomic mass is 10.0. The van der Waals surface area contributed by atoms with Crippen LogP contribution in [0.2, 0.25) is 0 Å². The average molecular weight is 360 g/mol. The molecule has 136 valence electrons. The minimum atomic E-state index is -0.0275. The van der Waals surface area contributed by atoms with Crippen LogP contribution in [0.25, 0.3) is 33.5 Å². The van der Waals surface area contributed by atoms with Gasteiger partial charge in [-0.3, -0.25) is 14.6 Å². The van der Waals surface area contributed by atoms with Gasteiger partial charge < -0.3 is 4.90 Å². The van der Waals surface area contributed by atoms with Gasteiger partial charge in [-0.05, 0) is 36.8 Å². The molecule has 0 aliphatic carbocycles. The van der Waals surface area contributed by atoms with Gasteiger partial charge in [0.2, 0.25) is 0 Å². The molecule has 0 atom stereocenters. The predicted molar refractivity (Wildman–Crippen MR) is 104 cm³/mol. The number of hydrogen-bond donors (Lipinski definition) is 1. The number of H-pyrrole nitrogens is 1. The standard InChI is InChI=1S/C20H20N6O/c1-12-8-17(26(4)24-12)18-16-10-15(11-21-19(16)23-22-18)13-6-5-7-14(9-13)20(27)25(2)3/h5-11H,1-4H3,(H,21,22,23). The van der Waals surface area contributed by atoms with E-state index in [4.69, 9.17) is 0 Å². The van der Waals surface area contributed by atoms with Crippen LogP contribution in [-0.2, 0) is 7.05 Å². The number of benzene rings is 1. The quantitative estimate of drug-likeness (QED) is 0.609. The maximum atomic E-state index is 12.3. The molecule has 4 rings (SSSR count). The number of rotatable bonds is 3. The molecule has 0 spiro atoms. The first-order chi connectivity index (χ1) is 12.9. The molecule has 3 heterocycles. The maximum Gasteiger partial charge on any atom is 0.253 e. The number of hydrogen-bond acceptors (Lipinski definition) is 4. The van der Waals surface area contributed by atoms with Crippen LogP contribution in [0.1, 0.15) is 16.1 Å². The molecule has 1 aromatic carbocycles. The summed E-state index contributed by atoms with van der Waals surface area (Å²) in [5.74, 6) is -0.0275. The van der Waals surface area contributed by atoms with Crippen molar-refractivity contribution in [3.63, 3.8) is 0 Å². The SMILES string of the molecule is Cc1cc(-c2[nH]nc3ncc(-c4cccc(C(=O)N(C)C)c4)cc23)n(C)n1. The summed E-state index contributed by atoms with van der Waals surface area (Å²) in [5, 5.41) is 12.7. The Bertz CT molecular complexity index is 1150. The highest BCUT2D eigenvalue weighted by Gasteiger charge is 2.15. The van der Waals surface area contributed by atoms with Crippen molar-refractivity contribution in [2.24, 2.45) is 7.05 Å². The van der Waals surface area contributed by atoms with E-state index in [1.807, 2.05) is 55.1 Å². The molecular weight excluding hydrogens is 340 g/mol. The Morgan fingerprint density at radius 3 is 2.67 bits per heavy atom. The number of nitrogens with one attached hydrogen (secondary N) is 1. The van der Waals surface area contributed by atoms with Gasteiger partial charge in [0.05, 0.1) is 17.1 Å². The molecule has 1 amide bonds. The number of aryl methyl sites for hydroxylation is 2. The van der Waals surface area contributed by atoms with Crippen molar-refractivity contribution >= 4 is 16.9 Å². The second-order valence-corrected chi connectivity index (χ2v) is 6.77. The topological polar surface area (TPSA) is 79.7 Å². The zero-order chi connectivity index (χ0) is 19.1. The molecular formula is C20H20N6O. The minimum absolute atomic E-state index is 0.0275. The van der Waals surface area contributed by atoms with Crippen LogP contribution < -0.4 is 0 Å². The number of aromatic amines is 1. The Balaban J connectivity index is 1.83. The number of carbonyl (C=O) groups excluding carboxylic acids is 1. The third-order valence-electron chi connectivity index (χ3n) is 4.52. The highest BCUT2D eigenvalue weighted by atomic mass is 16.2.